The fourth-order valence-electron chi connectivity index (χ4n) is 5.46. The van der Waals surface area contributed by atoms with Gasteiger partial charge in [-0.3, -0.25) is 4.79 Å². The number of benzene rings is 3. The summed E-state index contributed by atoms with van der Waals surface area (Å²) < 4.78 is 7.66. The number of hydrogen-bond acceptors (Lipinski definition) is 2. The van der Waals surface area contributed by atoms with Crippen LogP contribution < -0.4 is 4.74 Å². The van der Waals surface area contributed by atoms with E-state index in [1.54, 1.807) is 7.11 Å². The van der Waals surface area contributed by atoms with Crippen molar-refractivity contribution in [3.05, 3.63) is 102 Å². The summed E-state index contributed by atoms with van der Waals surface area (Å²) in [4.78, 5) is 15.4. The van der Waals surface area contributed by atoms with Gasteiger partial charge in [0.1, 0.15) is 5.75 Å². The molecule has 2 atom stereocenters. The molecule has 4 aromatic rings. The van der Waals surface area contributed by atoms with E-state index in [-0.39, 0.29) is 17.7 Å². The van der Waals surface area contributed by atoms with Crippen LogP contribution in [0.15, 0.2) is 85.1 Å². The highest BCUT2D eigenvalue weighted by molar-refractivity contribution is 5.86. The number of amides is 1. The van der Waals surface area contributed by atoms with Crippen LogP contribution in [-0.4, -0.2) is 35.6 Å². The molecular formula is C31H34N2O2. The number of nitrogens with zero attached hydrogens (tertiary/aromatic N) is 2. The Labute approximate surface area is 208 Å². The molecule has 2 heterocycles. The maximum atomic E-state index is 13.4. The minimum atomic E-state index is 0.104. The fraction of sp³-hybridized carbons (Fsp3) is 0.323. The molecular weight excluding hydrogens is 432 g/mol. The molecule has 0 unspecified atom stereocenters. The van der Waals surface area contributed by atoms with E-state index in [4.69, 9.17) is 4.74 Å². The van der Waals surface area contributed by atoms with E-state index in [0.717, 1.165) is 38.2 Å². The van der Waals surface area contributed by atoms with Crippen molar-refractivity contribution in [3.8, 4) is 5.75 Å². The van der Waals surface area contributed by atoms with Gasteiger partial charge in [0.15, 0.2) is 0 Å². The maximum absolute atomic E-state index is 13.4. The third kappa shape index (κ3) is 4.97. The number of para-hydroxylation sites is 1. The number of likely N-dealkylation sites (tertiary alicyclic amines) is 1. The highest BCUT2D eigenvalue weighted by atomic mass is 16.5. The number of methoxy groups -OCH3 is 1. The largest absolute Gasteiger partial charge is 0.497 e. The Kier molecular flexibility index (Phi) is 6.89. The standard InChI is InChI=1S/C31H34N2O2/c1-23(25-10-4-3-5-11-25)28(20-31(34)32-18-8-9-19-32)29-22-33(30-13-7-6-12-27(29)30)21-24-14-16-26(35-2)17-15-24/h3-7,10-17,22-23,28H,8-9,18-21H2,1-2H3/t23-,28+/m0/s1. The number of carbonyl (C=O) groups excluding carboxylic acids is 1. The van der Waals surface area contributed by atoms with Gasteiger partial charge in [-0.05, 0) is 53.6 Å². The van der Waals surface area contributed by atoms with Crippen molar-refractivity contribution in [1.82, 2.24) is 9.47 Å². The summed E-state index contributed by atoms with van der Waals surface area (Å²) in [6.45, 7) is 4.83. The van der Waals surface area contributed by atoms with Crippen molar-refractivity contribution >= 4 is 16.8 Å². The van der Waals surface area contributed by atoms with Gasteiger partial charge in [-0.15, -0.1) is 0 Å². The molecule has 4 nitrogen and oxygen atoms in total. The zero-order valence-corrected chi connectivity index (χ0v) is 20.7. The lowest BCUT2D eigenvalue weighted by molar-refractivity contribution is -0.130. The summed E-state index contributed by atoms with van der Waals surface area (Å²) in [5.41, 5.74) is 4.97. The second kappa shape index (κ2) is 10.4. The van der Waals surface area contributed by atoms with Crippen molar-refractivity contribution in [1.29, 1.82) is 0 Å². The van der Waals surface area contributed by atoms with E-state index in [9.17, 15) is 4.79 Å². The summed E-state index contributed by atoms with van der Waals surface area (Å²) in [5.74, 6) is 1.47. The van der Waals surface area contributed by atoms with Crippen LogP contribution in [0.1, 0.15) is 54.7 Å². The molecule has 1 aliphatic heterocycles. The third-order valence-electron chi connectivity index (χ3n) is 7.51. The Morgan fingerprint density at radius 3 is 2.31 bits per heavy atom. The molecule has 1 amide bonds. The van der Waals surface area contributed by atoms with Gasteiger partial charge in [-0.25, -0.2) is 0 Å². The van der Waals surface area contributed by atoms with Gasteiger partial charge in [0.05, 0.1) is 7.11 Å². The first-order valence-electron chi connectivity index (χ1n) is 12.7. The van der Waals surface area contributed by atoms with Crippen molar-refractivity contribution in [3.63, 3.8) is 0 Å². The molecule has 0 saturated carbocycles. The topological polar surface area (TPSA) is 34.5 Å². The molecule has 3 aromatic carbocycles. The summed E-state index contributed by atoms with van der Waals surface area (Å²) >= 11 is 0. The van der Waals surface area contributed by atoms with Crippen LogP contribution in [-0.2, 0) is 11.3 Å². The molecule has 180 valence electrons. The Balaban J connectivity index is 1.54. The van der Waals surface area contributed by atoms with Crippen LogP contribution in [0, 0.1) is 0 Å². The van der Waals surface area contributed by atoms with E-state index in [2.05, 4.69) is 89.3 Å². The zero-order chi connectivity index (χ0) is 24.2. The number of carbonyl (C=O) groups is 1. The molecule has 0 bridgehead atoms. The SMILES string of the molecule is COc1ccc(Cn2cc([C@H](CC(=O)N3CCCC3)[C@@H](C)c3ccccc3)c3ccccc32)cc1. The second-order valence-corrected chi connectivity index (χ2v) is 9.68. The molecule has 4 heteroatoms. The van der Waals surface area contributed by atoms with Crippen LogP contribution in [0.5, 0.6) is 5.75 Å². The van der Waals surface area contributed by atoms with Crippen LogP contribution in [0.25, 0.3) is 10.9 Å². The number of ether oxygens (including phenoxy) is 1. The monoisotopic (exact) mass is 466 g/mol. The van der Waals surface area contributed by atoms with Crippen LogP contribution in [0.3, 0.4) is 0 Å². The average Bonchev–Trinajstić information content (AvgIpc) is 3.57. The van der Waals surface area contributed by atoms with Gasteiger partial charge in [0, 0.05) is 49.1 Å². The number of fused-ring (bicyclic) bond motifs is 1. The summed E-state index contributed by atoms with van der Waals surface area (Å²) in [7, 11) is 1.69. The van der Waals surface area contributed by atoms with Crippen molar-refractivity contribution in [2.24, 2.45) is 0 Å². The van der Waals surface area contributed by atoms with Gasteiger partial charge in [-0.1, -0.05) is 67.6 Å². The Morgan fingerprint density at radius 1 is 0.914 bits per heavy atom. The van der Waals surface area contributed by atoms with E-state index in [0.29, 0.717) is 6.42 Å². The second-order valence-electron chi connectivity index (χ2n) is 9.68. The molecule has 1 aromatic heterocycles. The smallest absolute Gasteiger partial charge is 0.223 e. The van der Waals surface area contributed by atoms with Gasteiger partial charge in [-0.2, -0.15) is 0 Å². The molecule has 1 fully saturated rings. The van der Waals surface area contributed by atoms with Gasteiger partial charge >= 0.3 is 0 Å². The van der Waals surface area contributed by atoms with Gasteiger partial charge in [0.2, 0.25) is 5.91 Å². The Bertz CT molecular complexity index is 1270. The molecule has 0 aliphatic carbocycles. The minimum absolute atomic E-state index is 0.104. The maximum Gasteiger partial charge on any atom is 0.223 e. The highest BCUT2D eigenvalue weighted by Crippen LogP contribution is 2.40. The molecule has 0 spiro atoms. The lowest BCUT2D eigenvalue weighted by Gasteiger charge is -2.26. The average molecular weight is 467 g/mol. The molecule has 1 aliphatic rings. The third-order valence-corrected chi connectivity index (χ3v) is 7.51. The van der Waals surface area contributed by atoms with Crippen molar-refractivity contribution in [2.45, 2.75) is 44.6 Å². The molecule has 0 radical (unpaired) electrons. The van der Waals surface area contributed by atoms with E-state index < -0.39 is 0 Å². The summed E-state index contributed by atoms with van der Waals surface area (Å²) in [6.07, 6.45) is 5.06. The minimum Gasteiger partial charge on any atom is -0.497 e. The molecule has 35 heavy (non-hydrogen) atoms. The molecule has 5 rings (SSSR count). The molecule has 1 saturated heterocycles. The van der Waals surface area contributed by atoms with E-state index in [1.807, 2.05) is 12.1 Å². The normalized spacial score (nSPS) is 15.3. The lowest BCUT2D eigenvalue weighted by atomic mass is 9.80. The number of rotatable bonds is 8. The van der Waals surface area contributed by atoms with E-state index >= 15 is 0 Å². The predicted octanol–water partition coefficient (Wildman–Crippen LogP) is 6.60. The van der Waals surface area contributed by atoms with Crippen molar-refractivity contribution in [2.75, 3.05) is 20.2 Å². The Morgan fingerprint density at radius 2 is 1.60 bits per heavy atom. The van der Waals surface area contributed by atoms with Gasteiger partial charge in [0.25, 0.3) is 0 Å². The first-order chi connectivity index (χ1) is 17.1. The lowest BCUT2D eigenvalue weighted by Crippen LogP contribution is -2.29. The first-order valence-corrected chi connectivity index (χ1v) is 12.7. The predicted molar refractivity (Wildman–Crippen MR) is 142 cm³/mol. The fourth-order valence-corrected chi connectivity index (χ4v) is 5.46. The number of aromatic nitrogens is 1. The highest BCUT2D eigenvalue weighted by Gasteiger charge is 2.29. The van der Waals surface area contributed by atoms with Gasteiger partial charge < -0.3 is 14.2 Å². The number of hydrogen-bond donors (Lipinski definition) is 0. The summed E-state index contributed by atoms with van der Waals surface area (Å²) in [5, 5.41) is 1.24. The van der Waals surface area contributed by atoms with Crippen LogP contribution in [0.2, 0.25) is 0 Å². The zero-order valence-electron chi connectivity index (χ0n) is 20.7. The summed E-state index contributed by atoms with van der Waals surface area (Å²) in [6, 6.07) is 27.5. The quantitative estimate of drug-likeness (QED) is 0.293. The molecule has 0 N–H and O–H groups in total. The first kappa shape index (κ1) is 23.2. The van der Waals surface area contributed by atoms with Crippen LogP contribution in [0.4, 0.5) is 0 Å². The van der Waals surface area contributed by atoms with Crippen LogP contribution >= 0.6 is 0 Å². The Hall–Kier alpha value is -3.53. The van der Waals surface area contributed by atoms with E-state index in [1.165, 1.54) is 27.6 Å². The van der Waals surface area contributed by atoms with Crippen molar-refractivity contribution < 1.29 is 9.53 Å².